The van der Waals surface area contributed by atoms with E-state index < -0.39 is 0 Å². The Balaban J connectivity index is 2.16. The molecular weight excluding hydrogens is 273 g/mol. The fraction of sp³-hybridized carbons (Fsp3) is 0.0833. The van der Waals surface area contributed by atoms with Gasteiger partial charge in [-0.05, 0) is 25.1 Å². The van der Waals surface area contributed by atoms with E-state index in [1.807, 2.05) is 0 Å². The van der Waals surface area contributed by atoms with Crippen molar-refractivity contribution in [2.75, 3.05) is 5.32 Å². The smallest absolute Gasteiger partial charge is 0.258 e. The maximum atomic E-state index is 11.9. The van der Waals surface area contributed by atoms with Crippen molar-refractivity contribution in [2.45, 2.75) is 6.92 Å². The van der Waals surface area contributed by atoms with E-state index in [4.69, 9.17) is 23.2 Å². The molecule has 0 aliphatic heterocycles. The number of hydrogen-bond acceptors (Lipinski definition) is 3. The fourth-order valence-corrected chi connectivity index (χ4v) is 1.59. The van der Waals surface area contributed by atoms with Crippen LogP contribution in [0.5, 0.6) is 0 Å². The molecule has 6 heteroatoms. The summed E-state index contributed by atoms with van der Waals surface area (Å²) in [6, 6.07) is 4.86. The molecule has 0 spiro atoms. The molecule has 0 unspecified atom stereocenters. The molecule has 1 aromatic carbocycles. The standard InChI is InChI=1S/C12H9Cl2N3O/c1-7-15-5-8(6-16-7)12(18)17-9-2-3-10(13)11(14)4-9/h2-6H,1H3,(H,17,18). The van der Waals surface area contributed by atoms with Crippen LogP contribution >= 0.6 is 23.2 Å². The lowest BCUT2D eigenvalue weighted by atomic mass is 10.2. The molecule has 0 saturated heterocycles. The maximum absolute atomic E-state index is 11.9. The van der Waals surface area contributed by atoms with Gasteiger partial charge in [0, 0.05) is 18.1 Å². The van der Waals surface area contributed by atoms with Crippen LogP contribution in [-0.4, -0.2) is 15.9 Å². The monoisotopic (exact) mass is 281 g/mol. The highest BCUT2D eigenvalue weighted by molar-refractivity contribution is 6.42. The number of amides is 1. The van der Waals surface area contributed by atoms with Crippen LogP contribution < -0.4 is 5.32 Å². The van der Waals surface area contributed by atoms with E-state index in [-0.39, 0.29) is 5.91 Å². The topological polar surface area (TPSA) is 54.9 Å². The summed E-state index contributed by atoms with van der Waals surface area (Å²) < 4.78 is 0. The highest BCUT2D eigenvalue weighted by atomic mass is 35.5. The predicted octanol–water partition coefficient (Wildman–Crippen LogP) is 3.34. The van der Waals surface area contributed by atoms with Gasteiger partial charge in [0.2, 0.25) is 0 Å². The van der Waals surface area contributed by atoms with Gasteiger partial charge in [0.1, 0.15) is 5.82 Å². The molecule has 2 aromatic rings. The van der Waals surface area contributed by atoms with E-state index in [0.717, 1.165) is 0 Å². The Hall–Kier alpha value is -1.65. The number of carbonyl (C=O) groups excluding carboxylic acids is 1. The Morgan fingerprint density at radius 2 is 1.83 bits per heavy atom. The van der Waals surface area contributed by atoms with Crippen LogP contribution in [0.25, 0.3) is 0 Å². The van der Waals surface area contributed by atoms with Crippen molar-refractivity contribution < 1.29 is 4.79 Å². The van der Waals surface area contributed by atoms with Gasteiger partial charge in [-0.25, -0.2) is 9.97 Å². The number of aromatic nitrogens is 2. The molecule has 1 amide bonds. The Morgan fingerprint density at radius 3 is 2.44 bits per heavy atom. The number of hydrogen-bond donors (Lipinski definition) is 1. The van der Waals surface area contributed by atoms with Crippen LogP contribution in [-0.2, 0) is 0 Å². The first-order valence-electron chi connectivity index (χ1n) is 5.11. The molecule has 0 atom stereocenters. The van der Waals surface area contributed by atoms with E-state index in [2.05, 4.69) is 15.3 Å². The summed E-state index contributed by atoms with van der Waals surface area (Å²) in [5.41, 5.74) is 0.946. The first kappa shape index (κ1) is 12.8. The summed E-state index contributed by atoms with van der Waals surface area (Å²) in [5, 5.41) is 3.51. The van der Waals surface area contributed by atoms with Crippen molar-refractivity contribution in [3.05, 3.63) is 52.0 Å². The number of rotatable bonds is 2. The largest absolute Gasteiger partial charge is 0.322 e. The predicted molar refractivity (Wildman–Crippen MR) is 71.2 cm³/mol. The number of nitrogens with zero attached hydrogens (tertiary/aromatic N) is 2. The van der Waals surface area contributed by atoms with Crippen molar-refractivity contribution in [3.8, 4) is 0 Å². The molecule has 0 saturated carbocycles. The molecule has 1 aromatic heterocycles. The van der Waals surface area contributed by atoms with Gasteiger partial charge < -0.3 is 5.32 Å². The summed E-state index contributed by atoms with van der Waals surface area (Å²) in [6.45, 7) is 1.75. The first-order valence-corrected chi connectivity index (χ1v) is 5.87. The van der Waals surface area contributed by atoms with Crippen molar-refractivity contribution in [3.63, 3.8) is 0 Å². The maximum Gasteiger partial charge on any atom is 0.258 e. The third-order valence-electron chi connectivity index (χ3n) is 2.22. The van der Waals surface area contributed by atoms with E-state index in [1.54, 1.807) is 25.1 Å². The highest BCUT2D eigenvalue weighted by Gasteiger charge is 2.08. The Kier molecular flexibility index (Phi) is 3.79. The number of aryl methyl sites for hydroxylation is 1. The van der Waals surface area contributed by atoms with Crippen LogP contribution in [0.15, 0.2) is 30.6 Å². The second kappa shape index (κ2) is 5.33. The van der Waals surface area contributed by atoms with Crippen LogP contribution in [0.1, 0.15) is 16.2 Å². The summed E-state index contributed by atoms with van der Waals surface area (Å²) in [7, 11) is 0. The van der Waals surface area contributed by atoms with Crippen LogP contribution in [0.3, 0.4) is 0 Å². The van der Waals surface area contributed by atoms with Crippen molar-refractivity contribution in [2.24, 2.45) is 0 Å². The highest BCUT2D eigenvalue weighted by Crippen LogP contribution is 2.25. The molecule has 0 radical (unpaired) electrons. The Bertz CT molecular complexity index is 584. The lowest BCUT2D eigenvalue weighted by Crippen LogP contribution is -2.12. The second-order valence-electron chi connectivity index (χ2n) is 3.60. The van der Waals surface area contributed by atoms with Gasteiger partial charge in [-0.2, -0.15) is 0 Å². The number of benzene rings is 1. The quantitative estimate of drug-likeness (QED) is 0.919. The lowest BCUT2D eigenvalue weighted by molar-refractivity contribution is 0.102. The Labute approximate surface area is 114 Å². The molecule has 92 valence electrons. The average molecular weight is 282 g/mol. The zero-order valence-corrected chi connectivity index (χ0v) is 11.0. The number of halogens is 2. The molecule has 1 N–H and O–H groups in total. The van der Waals surface area contributed by atoms with Gasteiger partial charge in [-0.1, -0.05) is 23.2 Å². The third-order valence-corrected chi connectivity index (χ3v) is 2.96. The zero-order chi connectivity index (χ0) is 13.1. The van der Waals surface area contributed by atoms with Crippen LogP contribution in [0, 0.1) is 6.92 Å². The molecule has 4 nitrogen and oxygen atoms in total. The van der Waals surface area contributed by atoms with E-state index in [1.165, 1.54) is 12.4 Å². The second-order valence-corrected chi connectivity index (χ2v) is 4.42. The van der Waals surface area contributed by atoms with Gasteiger partial charge in [0.05, 0.1) is 15.6 Å². The molecule has 0 bridgehead atoms. The SMILES string of the molecule is Cc1ncc(C(=O)Nc2ccc(Cl)c(Cl)c2)cn1. The lowest BCUT2D eigenvalue weighted by Gasteiger charge is -2.06. The van der Waals surface area contributed by atoms with Crippen molar-refractivity contribution in [1.29, 1.82) is 0 Å². The molecule has 0 aliphatic carbocycles. The number of carbonyl (C=O) groups is 1. The van der Waals surface area contributed by atoms with Gasteiger partial charge in [0.15, 0.2) is 0 Å². The summed E-state index contributed by atoms with van der Waals surface area (Å²) in [6.07, 6.45) is 2.93. The normalized spacial score (nSPS) is 10.2. The van der Waals surface area contributed by atoms with E-state index in [0.29, 0.717) is 27.1 Å². The van der Waals surface area contributed by atoms with E-state index in [9.17, 15) is 4.79 Å². The summed E-state index contributed by atoms with van der Waals surface area (Å²) in [5.74, 6) is 0.314. The zero-order valence-electron chi connectivity index (χ0n) is 9.45. The molecule has 0 fully saturated rings. The van der Waals surface area contributed by atoms with Crippen LogP contribution in [0.4, 0.5) is 5.69 Å². The summed E-state index contributed by atoms with van der Waals surface area (Å²) >= 11 is 11.6. The third kappa shape index (κ3) is 2.97. The van der Waals surface area contributed by atoms with E-state index >= 15 is 0 Å². The molecule has 2 rings (SSSR count). The molecule has 0 aliphatic rings. The van der Waals surface area contributed by atoms with Gasteiger partial charge in [-0.3, -0.25) is 4.79 Å². The van der Waals surface area contributed by atoms with Gasteiger partial charge in [-0.15, -0.1) is 0 Å². The van der Waals surface area contributed by atoms with Crippen LogP contribution in [0.2, 0.25) is 10.0 Å². The minimum Gasteiger partial charge on any atom is -0.322 e. The van der Waals surface area contributed by atoms with Crippen molar-refractivity contribution in [1.82, 2.24) is 9.97 Å². The number of nitrogens with one attached hydrogen (secondary N) is 1. The molecular formula is C12H9Cl2N3O. The fourth-order valence-electron chi connectivity index (χ4n) is 1.29. The molecule has 1 heterocycles. The Morgan fingerprint density at radius 1 is 1.17 bits per heavy atom. The first-order chi connectivity index (χ1) is 8.56. The average Bonchev–Trinajstić information content (AvgIpc) is 2.34. The number of anilines is 1. The summed E-state index contributed by atoms with van der Waals surface area (Å²) in [4.78, 5) is 19.8. The molecule has 18 heavy (non-hydrogen) atoms. The van der Waals surface area contributed by atoms with Crippen molar-refractivity contribution >= 4 is 34.8 Å². The van der Waals surface area contributed by atoms with Gasteiger partial charge in [0.25, 0.3) is 5.91 Å². The van der Waals surface area contributed by atoms with Gasteiger partial charge >= 0.3 is 0 Å². The minimum atomic E-state index is -0.298. The minimum absolute atomic E-state index is 0.298.